The minimum atomic E-state index is -2.53. The van der Waals surface area contributed by atoms with Gasteiger partial charge in [0.25, 0.3) is 23.1 Å². The third-order valence-corrected chi connectivity index (χ3v) is 4.49. The number of phenolic OH excluding ortho intramolecular Hbond substituents is 2. The van der Waals surface area contributed by atoms with Crippen molar-refractivity contribution in [1.82, 2.24) is 9.62 Å². The summed E-state index contributed by atoms with van der Waals surface area (Å²) < 4.78 is 20.9. The first-order chi connectivity index (χ1) is 10.8. The number of thioether (sulfide) groups is 1. The van der Waals surface area contributed by atoms with Crippen LogP contribution >= 0.6 is 24.0 Å². The van der Waals surface area contributed by atoms with E-state index in [-0.39, 0.29) is 26.3 Å². The second-order valence-electron chi connectivity index (χ2n) is 4.26. The van der Waals surface area contributed by atoms with E-state index in [1.807, 2.05) is 0 Å². The molecule has 0 spiro atoms. The van der Waals surface area contributed by atoms with E-state index in [1.165, 1.54) is 24.3 Å². The highest BCUT2D eigenvalue weighted by molar-refractivity contribution is 8.26. The Kier molecular flexibility index (Phi) is 5.36. The number of hydrogen-bond donors (Lipinski definition) is 4. The molecule has 1 heterocycles. The van der Waals surface area contributed by atoms with Gasteiger partial charge in [0.1, 0.15) is 10.9 Å². The molecular formula is C12H10N2O6S3. The second kappa shape index (κ2) is 7.08. The van der Waals surface area contributed by atoms with E-state index in [1.54, 1.807) is 4.72 Å². The first kappa shape index (κ1) is 17.4. The largest absolute Gasteiger partial charge is 0.504 e. The molecule has 1 aliphatic heterocycles. The molecule has 1 aromatic rings. The standard InChI is InChI=1S/C12H10N2O6S3/c15-7-3-1-2-6(10(7)17)4-8-11(18)14(12(21)22-8)5-9(16)13-23(19)20/h1-4,15,17H,5H2,(H,13,16)(H,19,20)/b8-4-. The van der Waals surface area contributed by atoms with Crippen LogP contribution in [-0.2, 0) is 20.9 Å². The molecule has 11 heteroatoms. The molecule has 2 amide bonds. The highest BCUT2D eigenvalue weighted by Crippen LogP contribution is 2.36. The summed E-state index contributed by atoms with van der Waals surface area (Å²) in [6, 6.07) is 4.27. The fourth-order valence-corrected chi connectivity index (χ4v) is 3.22. The van der Waals surface area contributed by atoms with Gasteiger partial charge in [-0.15, -0.1) is 0 Å². The molecule has 1 aromatic carbocycles. The number of carbonyl (C=O) groups is 2. The lowest BCUT2D eigenvalue weighted by atomic mass is 10.1. The van der Waals surface area contributed by atoms with Gasteiger partial charge in [-0.1, -0.05) is 36.1 Å². The van der Waals surface area contributed by atoms with E-state index in [9.17, 15) is 24.0 Å². The molecule has 1 unspecified atom stereocenters. The predicted molar refractivity (Wildman–Crippen MR) is 88.6 cm³/mol. The Labute approximate surface area is 142 Å². The molecule has 1 aliphatic rings. The number of carbonyl (C=O) groups excluding carboxylic acids is 2. The van der Waals surface area contributed by atoms with Crippen LogP contribution in [0.1, 0.15) is 5.56 Å². The summed E-state index contributed by atoms with van der Waals surface area (Å²) in [7, 11) is 0. The van der Waals surface area contributed by atoms with Crippen LogP contribution in [0.4, 0.5) is 0 Å². The molecule has 0 radical (unpaired) electrons. The normalized spacial score (nSPS) is 17.6. The molecule has 1 saturated heterocycles. The van der Waals surface area contributed by atoms with Gasteiger partial charge in [0.05, 0.1) is 4.91 Å². The van der Waals surface area contributed by atoms with Gasteiger partial charge in [-0.25, -0.2) is 4.21 Å². The molecule has 0 aromatic heterocycles. The Morgan fingerprint density at radius 1 is 1.43 bits per heavy atom. The number of hydrogen-bond acceptors (Lipinski definition) is 7. The fourth-order valence-electron chi connectivity index (χ4n) is 1.72. The molecule has 0 saturated carbocycles. The fraction of sp³-hybridized carbons (Fsp3) is 0.0833. The smallest absolute Gasteiger partial charge is 0.266 e. The van der Waals surface area contributed by atoms with Crippen LogP contribution in [0, 0.1) is 0 Å². The van der Waals surface area contributed by atoms with Crippen molar-refractivity contribution in [3.63, 3.8) is 0 Å². The molecule has 122 valence electrons. The lowest BCUT2D eigenvalue weighted by Crippen LogP contribution is -2.39. The van der Waals surface area contributed by atoms with Gasteiger partial charge in [0.2, 0.25) is 0 Å². The maximum Gasteiger partial charge on any atom is 0.266 e. The number of nitrogens with zero attached hydrogens (tertiary/aromatic N) is 1. The second-order valence-corrected chi connectivity index (χ2v) is 6.64. The lowest BCUT2D eigenvalue weighted by molar-refractivity contribution is -0.127. The number of para-hydroxylation sites is 1. The zero-order chi connectivity index (χ0) is 17.1. The molecule has 8 nitrogen and oxygen atoms in total. The van der Waals surface area contributed by atoms with Gasteiger partial charge in [-0.3, -0.25) is 23.8 Å². The number of phenols is 2. The van der Waals surface area contributed by atoms with Crippen LogP contribution in [0.5, 0.6) is 11.5 Å². The Bertz CT molecular complexity index is 748. The van der Waals surface area contributed by atoms with Crippen LogP contribution in [-0.4, -0.2) is 46.6 Å². The highest BCUT2D eigenvalue weighted by atomic mass is 32.2. The van der Waals surface area contributed by atoms with Crippen LogP contribution in [0.2, 0.25) is 0 Å². The van der Waals surface area contributed by atoms with E-state index in [2.05, 4.69) is 0 Å². The summed E-state index contributed by atoms with van der Waals surface area (Å²) in [5, 5.41) is 19.2. The Morgan fingerprint density at radius 2 is 2.13 bits per heavy atom. The van der Waals surface area contributed by atoms with Gasteiger partial charge >= 0.3 is 0 Å². The zero-order valence-electron chi connectivity index (χ0n) is 11.3. The topological polar surface area (TPSA) is 127 Å². The SMILES string of the molecule is O=C(CN1C(=O)/C(=C/c2cccc(O)c2O)SC1=S)NS(=O)O. The van der Waals surface area contributed by atoms with E-state index in [0.29, 0.717) is 0 Å². The number of rotatable bonds is 4. The maximum absolute atomic E-state index is 12.2. The van der Waals surface area contributed by atoms with Gasteiger partial charge in [-0.2, -0.15) is 0 Å². The van der Waals surface area contributed by atoms with Crippen LogP contribution < -0.4 is 4.72 Å². The van der Waals surface area contributed by atoms with Gasteiger partial charge in [0.15, 0.2) is 11.5 Å². The molecule has 0 bridgehead atoms. The van der Waals surface area contributed by atoms with E-state index in [0.717, 1.165) is 16.7 Å². The van der Waals surface area contributed by atoms with E-state index < -0.39 is 29.6 Å². The average Bonchev–Trinajstić information content (AvgIpc) is 2.71. The van der Waals surface area contributed by atoms with Crippen molar-refractivity contribution in [2.24, 2.45) is 0 Å². The predicted octanol–water partition coefficient (Wildman–Crippen LogP) is 0.552. The minimum Gasteiger partial charge on any atom is -0.504 e. The van der Waals surface area contributed by atoms with Gasteiger partial charge in [-0.05, 0) is 12.1 Å². The number of nitrogens with one attached hydrogen (secondary N) is 1. The quantitative estimate of drug-likeness (QED) is 0.260. The first-order valence-electron chi connectivity index (χ1n) is 5.96. The average molecular weight is 374 g/mol. The summed E-state index contributed by atoms with van der Waals surface area (Å²) in [6.07, 6.45) is 1.33. The van der Waals surface area contributed by atoms with E-state index in [4.69, 9.17) is 16.8 Å². The molecule has 2 rings (SSSR count). The summed E-state index contributed by atoms with van der Waals surface area (Å²) in [5.41, 5.74) is 0.214. The van der Waals surface area contributed by atoms with Crippen molar-refractivity contribution in [2.45, 2.75) is 0 Å². The maximum atomic E-state index is 12.2. The Hall–Kier alpha value is -1.95. The number of thiocarbonyl (C=S) groups is 1. The van der Waals surface area contributed by atoms with Crippen LogP contribution in [0.25, 0.3) is 6.08 Å². The Morgan fingerprint density at radius 3 is 2.78 bits per heavy atom. The van der Waals surface area contributed by atoms with Crippen molar-refractivity contribution in [3.8, 4) is 11.5 Å². The van der Waals surface area contributed by atoms with Gasteiger partial charge in [0, 0.05) is 5.56 Å². The summed E-state index contributed by atoms with van der Waals surface area (Å²) >= 11 is 3.38. The lowest BCUT2D eigenvalue weighted by Gasteiger charge is -2.12. The monoisotopic (exact) mass is 374 g/mol. The molecule has 23 heavy (non-hydrogen) atoms. The summed E-state index contributed by atoms with van der Waals surface area (Å²) in [4.78, 5) is 24.8. The van der Waals surface area contributed by atoms with Crippen molar-refractivity contribution in [2.75, 3.05) is 6.54 Å². The molecular weight excluding hydrogens is 364 g/mol. The van der Waals surface area contributed by atoms with Crippen molar-refractivity contribution >= 4 is 57.5 Å². The molecule has 1 fully saturated rings. The minimum absolute atomic E-state index is 0.0970. The van der Waals surface area contributed by atoms with Crippen LogP contribution in [0.3, 0.4) is 0 Å². The highest BCUT2D eigenvalue weighted by Gasteiger charge is 2.33. The molecule has 1 atom stereocenters. The van der Waals surface area contributed by atoms with Crippen molar-refractivity contribution < 1.29 is 28.6 Å². The first-order valence-corrected chi connectivity index (χ1v) is 8.29. The zero-order valence-corrected chi connectivity index (χ0v) is 13.7. The van der Waals surface area contributed by atoms with Gasteiger partial charge < -0.3 is 10.2 Å². The Balaban J connectivity index is 2.21. The molecule has 4 N–H and O–H groups in total. The van der Waals surface area contributed by atoms with Crippen molar-refractivity contribution in [3.05, 3.63) is 28.7 Å². The number of benzene rings is 1. The molecule has 0 aliphatic carbocycles. The van der Waals surface area contributed by atoms with E-state index >= 15 is 0 Å². The van der Waals surface area contributed by atoms with Crippen LogP contribution in [0.15, 0.2) is 23.1 Å². The summed E-state index contributed by atoms with van der Waals surface area (Å²) in [6.45, 7) is -0.500. The van der Waals surface area contributed by atoms with Crippen molar-refractivity contribution in [1.29, 1.82) is 0 Å². The third-order valence-electron chi connectivity index (χ3n) is 2.71. The number of aromatic hydroxyl groups is 2. The summed E-state index contributed by atoms with van der Waals surface area (Å²) in [5.74, 6) is -2.14. The number of amides is 2. The third kappa shape index (κ3) is 4.07.